The molecule has 2 aliphatic carbocycles. The van der Waals surface area contributed by atoms with Crippen LogP contribution in [-0.4, -0.2) is 5.91 Å². The lowest BCUT2D eigenvalue weighted by Crippen LogP contribution is -2.39. The standard InChI is InChI=1S/C17H24Cl2NO/c1-12(2)7-10-17(8-3-4-9-17)16(21)20-13-5-6-14(18)15(19)11-13/h5,11-12H,3-4,6-10H2,1-2H3,(H,20,21). The lowest BCUT2D eigenvalue weighted by atomic mass is 9.79. The number of hydrogen-bond donors (Lipinski definition) is 1. The van der Waals surface area contributed by atoms with E-state index in [1.54, 1.807) is 6.08 Å². The van der Waals surface area contributed by atoms with Crippen LogP contribution in [0.4, 0.5) is 0 Å². The third-order valence-electron chi connectivity index (χ3n) is 4.54. The molecule has 0 saturated heterocycles. The van der Waals surface area contributed by atoms with Gasteiger partial charge in [0.05, 0.1) is 5.03 Å². The molecular weight excluding hydrogens is 305 g/mol. The number of carbonyl (C=O) groups excluding carboxylic acids is 1. The highest BCUT2D eigenvalue weighted by atomic mass is 35.5. The van der Waals surface area contributed by atoms with E-state index in [0.29, 0.717) is 22.4 Å². The summed E-state index contributed by atoms with van der Waals surface area (Å²) in [6, 6.07) is 0. The van der Waals surface area contributed by atoms with Crippen molar-refractivity contribution in [1.29, 1.82) is 0 Å². The van der Waals surface area contributed by atoms with Gasteiger partial charge >= 0.3 is 0 Å². The second-order valence-corrected chi connectivity index (χ2v) is 7.50. The molecule has 0 aromatic rings. The molecule has 1 amide bonds. The van der Waals surface area contributed by atoms with Crippen LogP contribution in [0.15, 0.2) is 21.8 Å². The molecule has 117 valence electrons. The average molecular weight is 329 g/mol. The highest BCUT2D eigenvalue weighted by Crippen LogP contribution is 2.43. The van der Waals surface area contributed by atoms with E-state index in [1.807, 2.05) is 6.42 Å². The molecule has 1 radical (unpaired) electrons. The van der Waals surface area contributed by atoms with Gasteiger partial charge in [0.1, 0.15) is 0 Å². The van der Waals surface area contributed by atoms with Crippen LogP contribution in [0.25, 0.3) is 0 Å². The van der Waals surface area contributed by atoms with E-state index in [2.05, 4.69) is 19.2 Å². The summed E-state index contributed by atoms with van der Waals surface area (Å²) in [5, 5.41) is 4.22. The van der Waals surface area contributed by atoms with Gasteiger partial charge in [-0.1, -0.05) is 49.9 Å². The summed E-state index contributed by atoms with van der Waals surface area (Å²) in [6.45, 7) is 4.43. The maximum atomic E-state index is 12.8. The Balaban J connectivity index is 2.04. The molecule has 2 nitrogen and oxygen atoms in total. The van der Waals surface area contributed by atoms with Crippen molar-refractivity contribution in [2.24, 2.45) is 11.3 Å². The number of halogens is 2. The SMILES string of the molecule is CC(C)CCC1(C(=O)NC2=CC(Cl)=C(Cl)C[CH]2)CCCC1. The zero-order valence-electron chi connectivity index (χ0n) is 12.8. The van der Waals surface area contributed by atoms with E-state index in [4.69, 9.17) is 23.2 Å². The predicted molar refractivity (Wildman–Crippen MR) is 88.8 cm³/mol. The topological polar surface area (TPSA) is 29.1 Å². The molecule has 0 atom stereocenters. The van der Waals surface area contributed by atoms with Crippen LogP contribution in [0.5, 0.6) is 0 Å². The van der Waals surface area contributed by atoms with Crippen LogP contribution < -0.4 is 5.32 Å². The van der Waals surface area contributed by atoms with Gasteiger partial charge in [0.15, 0.2) is 0 Å². The highest BCUT2D eigenvalue weighted by Gasteiger charge is 2.40. The fourth-order valence-corrected chi connectivity index (χ4v) is 3.46. The Kier molecular flexibility index (Phi) is 5.79. The van der Waals surface area contributed by atoms with Crippen LogP contribution >= 0.6 is 23.2 Å². The Hall–Kier alpha value is -0.470. The summed E-state index contributed by atoms with van der Waals surface area (Å²) in [6.07, 6.45) is 10.7. The van der Waals surface area contributed by atoms with Gasteiger partial charge in [-0.15, -0.1) is 0 Å². The molecule has 1 N–H and O–H groups in total. The average Bonchev–Trinajstić information content (AvgIpc) is 2.91. The van der Waals surface area contributed by atoms with Gasteiger partial charge in [0.2, 0.25) is 5.91 Å². The third-order valence-corrected chi connectivity index (χ3v) is 5.33. The summed E-state index contributed by atoms with van der Waals surface area (Å²) in [5.41, 5.74) is 0.598. The molecule has 1 fully saturated rings. The first-order valence-electron chi connectivity index (χ1n) is 7.83. The van der Waals surface area contributed by atoms with Crippen LogP contribution in [0, 0.1) is 17.8 Å². The number of carbonyl (C=O) groups is 1. The van der Waals surface area contributed by atoms with Gasteiger partial charge in [-0.05, 0) is 44.1 Å². The molecule has 21 heavy (non-hydrogen) atoms. The van der Waals surface area contributed by atoms with E-state index >= 15 is 0 Å². The zero-order valence-corrected chi connectivity index (χ0v) is 14.4. The van der Waals surface area contributed by atoms with Gasteiger partial charge in [0.25, 0.3) is 0 Å². The monoisotopic (exact) mass is 328 g/mol. The van der Waals surface area contributed by atoms with Crippen molar-refractivity contribution in [1.82, 2.24) is 5.32 Å². The minimum atomic E-state index is -0.184. The molecule has 0 aromatic carbocycles. The molecule has 2 aliphatic rings. The zero-order chi connectivity index (χ0) is 15.5. The van der Waals surface area contributed by atoms with E-state index < -0.39 is 0 Å². The van der Waals surface area contributed by atoms with Gasteiger partial charge in [-0.3, -0.25) is 4.79 Å². The smallest absolute Gasteiger partial charge is 0.230 e. The fraction of sp³-hybridized carbons (Fsp3) is 0.647. The number of hydrogen-bond acceptors (Lipinski definition) is 1. The maximum absolute atomic E-state index is 12.8. The molecule has 0 heterocycles. The van der Waals surface area contributed by atoms with E-state index in [1.165, 1.54) is 0 Å². The van der Waals surface area contributed by atoms with E-state index in [0.717, 1.165) is 44.2 Å². The lowest BCUT2D eigenvalue weighted by Gasteiger charge is -2.29. The minimum absolute atomic E-state index is 0.158. The summed E-state index contributed by atoms with van der Waals surface area (Å²) in [7, 11) is 0. The Morgan fingerprint density at radius 2 is 2.00 bits per heavy atom. The Morgan fingerprint density at radius 3 is 2.57 bits per heavy atom. The first-order chi connectivity index (χ1) is 9.93. The predicted octanol–water partition coefficient (Wildman–Crippen LogP) is 5.28. The van der Waals surface area contributed by atoms with Crippen molar-refractivity contribution < 1.29 is 4.79 Å². The van der Waals surface area contributed by atoms with Crippen LogP contribution in [-0.2, 0) is 4.79 Å². The molecule has 0 bridgehead atoms. The van der Waals surface area contributed by atoms with E-state index in [-0.39, 0.29) is 11.3 Å². The van der Waals surface area contributed by atoms with Gasteiger partial charge in [-0.25, -0.2) is 0 Å². The molecule has 0 unspecified atom stereocenters. The molecule has 0 aromatic heterocycles. The van der Waals surface area contributed by atoms with Crippen LogP contribution in [0.2, 0.25) is 0 Å². The van der Waals surface area contributed by atoms with E-state index in [9.17, 15) is 4.79 Å². The van der Waals surface area contributed by atoms with Gasteiger partial charge in [-0.2, -0.15) is 0 Å². The summed E-state index contributed by atoms with van der Waals surface area (Å²) in [5.74, 6) is 0.789. The Morgan fingerprint density at radius 1 is 1.33 bits per heavy atom. The van der Waals surface area contributed by atoms with Crippen molar-refractivity contribution in [3.63, 3.8) is 0 Å². The van der Waals surface area contributed by atoms with Crippen molar-refractivity contribution in [3.05, 3.63) is 28.3 Å². The Labute approximate surface area is 138 Å². The summed E-state index contributed by atoms with van der Waals surface area (Å²) >= 11 is 12.0. The van der Waals surface area contributed by atoms with Crippen LogP contribution in [0.1, 0.15) is 58.8 Å². The fourth-order valence-electron chi connectivity index (χ4n) is 3.13. The number of nitrogens with one attached hydrogen (secondary N) is 1. The number of rotatable bonds is 5. The van der Waals surface area contributed by atoms with Crippen molar-refractivity contribution in [3.8, 4) is 0 Å². The van der Waals surface area contributed by atoms with Gasteiger partial charge in [0, 0.05) is 22.6 Å². The second-order valence-electron chi connectivity index (χ2n) is 6.63. The lowest BCUT2D eigenvalue weighted by molar-refractivity contribution is -0.130. The molecule has 2 rings (SSSR count). The normalized spacial score (nSPS) is 21.7. The van der Waals surface area contributed by atoms with Crippen molar-refractivity contribution in [2.75, 3.05) is 0 Å². The van der Waals surface area contributed by atoms with Crippen molar-refractivity contribution >= 4 is 29.1 Å². The number of allylic oxidation sites excluding steroid dienone is 4. The molecule has 0 aliphatic heterocycles. The molecular formula is C17H24Cl2NO. The molecule has 1 saturated carbocycles. The number of amides is 1. The largest absolute Gasteiger partial charge is 0.329 e. The quantitative estimate of drug-likeness (QED) is 0.730. The van der Waals surface area contributed by atoms with Crippen LogP contribution in [0.3, 0.4) is 0 Å². The molecule has 4 heteroatoms. The molecule has 0 spiro atoms. The first kappa shape index (κ1) is 16.9. The summed E-state index contributed by atoms with van der Waals surface area (Å²) < 4.78 is 0. The highest BCUT2D eigenvalue weighted by molar-refractivity contribution is 6.40. The second kappa shape index (κ2) is 7.19. The Bertz CT molecular complexity index is 459. The third kappa shape index (κ3) is 4.26. The van der Waals surface area contributed by atoms with Gasteiger partial charge < -0.3 is 5.32 Å². The van der Waals surface area contributed by atoms with Crippen molar-refractivity contribution in [2.45, 2.75) is 58.8 Å². The summed E-state index contributed by atoms with van der Waals surface area (Å²) in [4.78, 5) is 12.8. The minimum Gasteiger partial charge on any atom is -0.329 e. The first-order valence-corrected chi connectivity index (χ1v) is 8.59. The maximum Gasteiger partial charge on any atom is 0.230 e.